The van der Waals surface area contributed by atoms with E-state index in [4.69, 9.17) is 10.9 Å². The van der Waals surface area contributed by atoms with Crippen LogP contribution in [0.3, 0.4) is 0 Å². The summed E-state index contributed by atoms with van der Waals surface area (Å²) in [7, 11) is 0. The fraction of sp³-hybridized carbons (Fsp3) is 0.222. The van der Waals surface area contributed by atoms with Crippen molar-refractivity contribution in [3.05, 3.63) is 129 Å². The van der Waals surface area contributed by atoms with E-state index < -0.39 is 87.0 Å². The van der Waals surface area contributed by atoms with Crippen LogP contribution in [0.1, 0.15) is 57.3 Å². The normalized spacial score (nSPS) is 14.7. The number of nitrogens with zero attached hydrogens (tertiary/aromatic N) is 2. The van der Waals surface area contributed by atoms with Crippen molar-refractivity contribution in [1.29, 1.82) is 0 Å². The molecular formula is C36H28F12N6O5S. The van der Waals surface area contributed by atoms with E-state index >= 15 is 0 Å². The monoisotopic (exact) mass is 884 g/mol. The third kappa shape index (κ3) is 13.2. The highest BCUT2D eigenvalue weighted by Gasteiger charge is 2.37. The van der Waals surface area contributed by atoms with Crippen LogP contribution in [0.4, 0.5) is 64.1 Å². The van der Waals surface area contributed by atoms with Crippen LogP contribution in [0, 0.1) is 0 Å². The van der Waals surface area contributed by atoms with Crippen molar-refractivity contribution in [2.45, 2.75) is 50.4 Å². The second-order valence-corrected chi connectivity index (χ2v) is 13.1. The highest BCUT2D eigenvalue weighted by molar-refractivity contribution is 7.79. The number of hydroxylamine groups is 1. The predicted molar refractivity (Wildman–Crippen MR) is 191 cm³/mol. The van der Waals surface area contributed by atoms with E-state index in [9.17, 15) is 66.5 Å². The van der Waals surface area contributed by atoms with Gasteiger partial charge in [0, 0.05) is 35.3 Å². The van der Waals surface area contributed by atoms with Gasteiger partial charge in [-0.1, -0.05) is 29.4 Å². The van der Waals surface area contributed by atoms with Gasteiger partial charge >= 0.3 is 36.0 Å². The van der Waals surface area contributed by atoms with Gasteiger partial charge in [0.2, 0.25) is 11.8 Å². The number of nitrogens with one attached hydrogen (secondary N) is 3. The Morgan fingerprint density at radius 3 is 1.48 bits per heavy atom. The molecule has 1 aliphatic rings. The lowest BCUT2D eigenvalue weighted by molar-refractivity contribution is -0.138. The van der Waals surface area contributed by atoms with E-state index in [1.165, 1.54) is 30.3 Å². The molecule has 60 heavy (non-hydrogen) atoms. The number of hydrogen-bond donors (Lipinski definition) is 5. The van der Waals surface area contributed by atoms with Gasteiger partial charge in [0.25, 0.3) is 0 Å². The lowest BCUT2D eigenvalue weighted by Gasteiger charge is -2.14. The fourth-order valence-corrected chi connectivity index (χ4v) is 5.64. The number of benzene rings is 4. The van der Waals surface area contributed by atoms with Crippen LogP contribution in [0.5, 0.6) is 0 Å². The van der Waals surface area contributed by atoms with E-state index in [1.807, 2.05) is 5.48 Å². The summed E-state index contributed by atoms with van der Waals surface area (Å²) in [6.07, 6.45) is -18.7. The smallest absolute Gasteiger partial charge is 0.409 e. The van der Waals surface area contributed by atoms with E-state index in [2.05, 4.69) is 24.5 Å². The largest absolute Gasteiger partial charge is 0.417 e. The number of aryl methyl sites for hydroxylation is 2. The Morgan fingerprint density at radius 2 is 1.10 bits per heavy atom. The van der Waals surface area contributed by atoms with Gasteiger partial charge < -0.3 is 21.6 Å². The first-order valence-corrected chi connectivity index (χ1v) is 17.6. The fourth-order valence-electron chi connectivity index (χ4n) is 5.17. The quantitative estimate of drug-likeness (QED) is 0.0350. The third-order valence-electron chi connectivity index (χ3n) is 8.08. The van der Waals surface area contributed by atoms with Crippen LogP contribution in [-0.4, -0.2) is 32.9 Å². The van der Waals surface area contributed by atoms with Gasteiger partial charge in [-0.25, -0.2) is 9.69 Å². The van der Waals surface area contributed by atoms with E-state index in [-0.39, 0.29) is 42.9 Å². The second kappa shape index (κ2) is 18.8. The molecule has 0 aromatic heterocycles. The minimum absolute atomic E-state index is 0.0953. The molecule has 0 fully saturated rings. The van der Waals surface area contributed by atoms with Gasteiger partial charge in [0.05, 0.1) is 22.3 Å². The predicted octanol–water partition coefficient (Wildman–Crippen LogP) is 8.55. The number of amides is 2. The molecule has 1 aliphatic heterocycles. The molecule has 6 N–H and O–H groups in total. The van der Waals surface area contributed by atoms with Crippen LogP contribution >= 0.6 is 0 Å². The SMILES string of the molecule is N/C(=N\O)c1ccc(NC(=O)CCc2ccc(C(F)(F)F)cc2)cc1C(F)(F)F.O=C(CCc1ccc(C(F)(F)F)cc1)Nc1ccc(C2=NS(=O)ON2)c(C(F)(F)F)c1. The number of hydrogen-bond acceptors (Lipinski definition) is 7. The molecule has 1 atom stereocenters. The zero-order chi connectivity index (χ0) is 44.6. The molecular weight excluding hydrogens is 856 g/mol. The second-order valence-electron chi connectivity index (χ2n) is 12.3. The van der Waals surface area contributed by atoms with Gasteiger partial charge in [-0.3, -0.25) is 9.59 Å². The number of anilines is 2. The molecule has 0 spiro atoms. The van der Waals surface area contributed by atoms with Crippen molar-refractivity contribution in [1.82, 2.24) is 5.48 Å². The van der Waals surface area contributed by atoms with E-state index in [1.54, 1.807) is 0 Å². The first-order valence-electron chi connectivity index (χ1n) is 16.6. The molecule has 2 amide bonds. The van der Waals surface area contributed by atoms with Crippen molar-refractivity contribution in [2.24, 2.45) is 15.3 Å². The number of nitrogens with two attached hydrogens (primary N) is 1. The molecule has 0 aliphatic carbocycles. The molecule has 0 bridgehead atoms. The standard InChI is InChI=1S/C18H13F6N3O3S.C18H15F6N3O2/c19-17(20,21)11-4-1-10(2-5-11)3-8-15(28)25-12-6-7-13(14(9-12)18(22,23)24)16-26-30-31(29)27-16;19-17(20,21)11-4-1-10(2-5-11)3-8-15(28)26-12-6-7-13(16(25)27-29)14(9-12)18(22,23)24/h1-2,4-7,9H,3,8H2,(H,25,28)(H,26,27);1-2,4-7,9,29H,3,8H2,(H2,25,27)(H,26,28). The molecule has 4 aromatic rings. The number of rotatable bonds is 10. The number of halogens is 12. The molecule has 4 aromatic carbocycles. The van der Waals surface area contributed by atoms with Crippen molar-refractivity contribution >= 4 is 46.1 Å². The zero-order valence-corrected chi connectivity index (χ0v) is 30.7. The zero-order valence-electron chi connectivity index (χ0n) is 29.9. The number of oxime groups is 1. The highest BCUT2D eigenvalue weighted by atomic mass is 32.2. The molecule has 1 heterocycles. The first kappa shape index (κ1) is 46.5. The van der Waals surface area contributed by atoms with Gasteiger partial charge in [0.1, 0.15) is 0 Å². The van der Waals surface area contributed by atoms with Crippen LogP contribution in [0.25, 0.3) is 0 Å². The topological polar surface area (TPSA) is 168 Å². The Balaban J connectivity index is 0.000000265. The summed E-state index contributed by atoms with van der Waals surface area (Å²) >= 11 is -2.15. The molecule has 11 nitrogen and oxygen atoms in total. The Hall–Kier alpha value is -6.17. The minimum atomic E-state index is -4.81. The number of carbonyl (C=O) groups excluding carboxylic acids is 2. The van der Waals surface area contributed by atoms with Gasteiger partial charge in [-0.05, 0) is 84.6 Å². The summed E-state index contributed by atoms with van der Waals surface area (Å²) in [5.41, 5.74) is 2.94. The molecule has 0 saturated carbocycles. The lowest BCUT2D eigenvalue weighted by Crippen LogP contribution is -2.23. The number of amidine groups is 2. The maximum absolute atomic E-state index is 13.4. The molecule has 322 valence electrons. The Bertz CT molecular complexity index is 2260. The summed E-state index contributed by atoms with van der Waals surface area (Å²) < 4.78 is 174. The maximum Gasteiger partial charge on any atom is 0.417 e. The van der Waals surface area contributed by atoms with Crippen molar-refractivity contribution < 1.29 is 76.0 Å². The van der Waals surface area contributed by atoms with Gasteiger partial charge in [-0.15, -0.1) is 4.40 Å². The number of alkyl halides is 12. The Labute approximate surface area is 333 Å². The van der Waals surface area contributed by atoms with E-state index in [0.717, 1.165) is 42.5 Å². The maximum atomic E-state index is 13.4. The average Bonchev–Trinajstić information content (AvgIpc) is 3.61. The summed E-state index contributed by atoms with van der Waals surface area (Å²) in [5, 5.41) is 15.7. The summed E-state index contributed by atoms with van der Waals surface area (Å²) in [6.45, 7) is 0. The summed E-state index contributed by atoms with van der Waals surface area (Å²) in [5.74, 6) is -2.36. The lowest BCUT2D eigenvalue weighted by atomic mass is 10.0. The van der Waals surface area contributed by atoms with Crippen molar-refractivity contribution in [3.63, 3.8) is 0 Å². The summed E-state index contributed by atoms with van der Waals surface area (Å²) in [4.78, 5) is 24.1. The average molecular weight is 885 g/mol. The molecule has 1 unspecified atom stereocenters. The molecule has 0 radical (unpaired) electrons. The van der Waals surface area contributed by atoms with Crippen LogP contribution < -0.4 is 21.8 Å². The molecule has 5 rings (SSSR count). The van der Waals surface area contributed by atoms with Crippen molar-refractivity contribution in [2.75, 3.05) is 10.6 Å². The van der Waals surface area contributed by atoms with Gasteiger partial charge in [-0.2, -0.15) is 57.0 Å². The minimum Gasteiger partial charge on any atom is -0.409 e. The summed E-state index contributed by atoms with van der Waals surface area (Å²) in [6, 6.07) is 14.1. The van der Waals surface area contributed by atoms with Crippen LogP contribution in [0.2, 0.25) is 0 Å². The van der Waals surface area contributed by atoms with Crippen LogP contribution in [-0.2, 0) is 62.7 Å². The van der Waals surface area contributed by atoms with E-state index in [0.29, 0.717) is 23.3 Å². The Morgan fingerprint density at radius 1 is 0.667 bits per heavy atom. The molecule has 0 saturated heterocycles. The highest BCUT2D eigenvalue weighted by Crippen LogP contribution is 2.36. The Kier molecular flexibility index (Phi) is 14.6. The van der Waals surface area contributed by atoms with Gasteiger partial charge in [0.15, 0.2) is 11.7 Å². The first-order chi connectivity index (χ1) is 27.8. The molecule has 24 heteroatoms. The number of carbonyl (C=O) groups is 2. The third-order valence-corrected chi connectivity index (χ3v) is 8.63. The van der Waals surface area contributed by atoms with Crippen LogP contribution in [0.15, 0.2) is 94.5 Å². The van der Waals surface area contributed by atoms with Crippen molar-refractivity contribution in [3.8, 4) is 0 Å².